The minimum absolute atomic E-state index is 0.553. The van der Waals surface area contributed by atoms with Crippen LogP contribution in [0.25, 0.3) is 0 Å². The Kier molecular flexibility index (Phi) is 3.69. The molecular formula is C11H19NOSi. The van der Waals surface area contributed by atoms with Crippen molar-refractivity contribution in [3.05, 3.63) is 24.1 Å². The third-order valence-corrected chi connectivity index (χ3v) is 2.72. The zero-order valence-electron chi connectivity index (χ0n) is 9.34. The number of aliphatic imine (C=N–C) groups is 1. The molecule has 0 aromatic carbocycles. The SMILES string of the molecule is C=C(/N=C/C1=CCCC1)O[Si](C)(C)C. The van der Waals surface area contributed by atoms with Crippen LogP contribution in [0.1, 0.15) is 19.3 Å². The summed E-state index contributed by atoms with van der Waals surface area (Å²) in [6.07, 6.45) is 7.69. The number of hydrogen-bond donors (Lipinski definition) is 0. The van der Waals surface area contributed by atoms with Crippen LogP contribution in [0.15, 0.2) is 29.1 Å². The van der Waals surface area contributed by atoms with E-state index in [-0.39, 0.29) is 0 Å². The van der Waals surface area contributed by atoms with Crippen molar-refractivity contribution < 1.29 is 4.43 Å². The van der Waals surface area contributed by atoms with E-state index in [1.165, 1.54) is 18.4 Å². The van der Waals surface area contributed by atoms with Gasteiger partial charge in [0, 0.05) is 6.21 Å². The lowest BCUT2D eigenvalue weighted by Gasteiger charge is -2.17. The lowest BCUT2D eigenvalue weighted by molar-refractivity contribution is 0.421. The minimum atomic E-state index is -1.53. The number of nitrogens with zero attached hydrogens (tertiary/aromatic N) is 1. The van der Waals surface area contributed by atoms with Crippen molar-refractivity contribution in [1.82, 2.24) is 0 Å². The maximum absolute atomic E-state index is 5.62. The van der Waals surface area contributed by atoms with Crippen LogP contribution in [0.4, 0.5) is 0 Å². The third kappa shape index (κ3) is 4.42. The van der Waals surface area contributed by atoms with Crippen molar-refractivity contribution >= 4 is 14.5 Å². The Morgan fingerprint density at radius 2 is 2.29 bits per heavy atom. The normalized spacial score (nSPS) is 17.2. The molecule has 14 heavy (non-hydrogen) atoms. The van der Waals surface area contributed by atoms with E-state index in [1.807, 2.05) is 6.21 Å². The molecule has 1 rings (SSSR count). The summed E-state index contributed by atoms with van der Waals surface area (Å²) < 4.78 is 5.62. The van der Waals surface area contributed by atoms with Crippen LogP contribution in [-0.4, -0.2) is 14.5 Å². The first-order valence-electron chi connectivity index (χ1n) is 5.08. The van der Waals surface area contributed by atoms with Gasteiger partial charge in [0.15, 0.2) is 5.88 Å². The van der Waals surface area contributed by atoms with Crippen LogP contribution >= 0.6 is 0 Å². The zero-order chi connectivity index (χ0) is 10.6. The molecule has 0 aliphatic heterocycles. The van der Waals surface area contributed by atoms with Gasteiger partial charge in [0.1, 0.15) is 0 Å². The summed E-state index contributed by atoms with van der Waals surface area (Å²) in [5, 5.41) is 0. The second kappa shape index (κ2) is 4.60. The highest BCUT2D eigenvalue weighted by molar-refractivity contribution is 6.70. The van der Waals surface area contributed by atoms with Gasteiger partial charge in [-0.05, 0) is 51.1 Å². The van der Waals surface area contributed by atoms with Gasteiger partial charge in [0.05, 0.1) is 0 Å². The Balaban J connectivity index is 2.40. The molecule has 0 saturated carbocycles. The molecule has 0 N–H and O–H groups in total. The van der Waals surface area contributed by atoms with Crippen molar-refractivity contribution in [2.24, 2.45) is 4.99 Å². The van der Waals surface area contributed by atoms with Crippen molar-refractivity contribution in [3.63, 3.8) is 0 Å². The molecule has 0 fully saturated rings. The topological polar surface area (TPSA) is 21.6 Å². The Morgan fingerprint density at radius 1 is 1.57 bits per heavy atom. The highest BCUT2D eigenvalue weighted by Gasteiger charge is 2.16. The van der Waals surface area contributed by atoms with Crippen LogP contribution < -0.4 is 0 Å². The lowest BCUT2D eigenvalue weighted by Crippen LogP contribution is -2.24. The van der Waals surface area contributed by atoms with E-state index in [4.69, 9.17) is 4.43 Å². The Bertz CT molecular complexity index is 274. The largest absolute Gasteiger partial charge is 0.532 e. The van der Waals surface area contributed by atoms with Crippen LogP contribution in [0.2, 0.25) is 19.6 Å². The van der Waals surface area contributed by atoms with E-state index < -0.39 is 8.32 Å². The molecule has 2 nitrogen and oxygen atoms in total. The highest BCUT2D eigenvalue weighted by atomic mass is 28.4. The molecule has 0 saturated heterocycles. The third-order valence-electron chi connectivity index (χ3n) is 1.87. The van der Waals surface area contributed by atoms with Gasteiger partial charge in [0.2, 0.25) is 8.32 Å². The summed E-state index contributed by atoms with van der Waals surface area (Å²) >= 11 is 0. The maximum atomic E-state index is 5.62. The molecule has 78 valence electrons. The van der Waals surface area contributed by atoms with Gasteiger partial charge >= 0.3 is 0 Å². The number of allylic oxidation sites excluding steroid dienone is 2. The predicted molar refractivity (Wildman–Crippen MR) is 64.0 cm³/mol. The maximum Gasteiger partial charge on any atom is 0.244 e. The highest BCUT2D eigenvalue weighted by Crippen LogP contribution is 2.16. The first-order chi connectivity index (χ1) is 6.47. The van der Waals surface area contributed by atoms with Crippen molar-refractivity contribution in [2.45, 2.75) is 38.9 Å². The predicted octanol–water partition coefficient (Wildman–Crippen LogP) is 3.49. The summed E-state index contributed by atoms with van der Waals surface area (Å²) in [5.41, 5.74) is 1.31. The molecule has 1 aliphatic rings. The molecule has 0 unspecified atom stereocenters. The molecule has 0 heterocycles. The molecule has 0 aromatic rings. The van der Waals surface area contributed by atoms with E-state index in [0.717, 1.165) is 6.42 Å². The van der Waals surface area contributed by atoms with Crippen molar-refractivity contribution in [3.8, 4) is 0 Å². The molecule has 0 spiro atoms. The summed E-state index contributed by atoms with van der Waals surface area (Å²) in [4.78, 5) is 4.22. The van der Waals surface area contributed by atoms with E-state index in [2.05, 4.69) is 37.3 Å². The Labute approximate surface area is 87.5 Å². The number of rotatable bonds is 4. The summed E-state index contributed by atoms with van der Waals surface area (Å²) in [5.74, 6) is 0.553. The Morgan fingerprint density at radius 3 is 2.79 bits per heavy atom. The fraction of sp³-hybridized carbons (Fsp3) is 0.545. The fourth-order valence-electron chi connectivity index (χ4n) is 1.35. The van der Waals surface area contributed by atoms with Gasteiger partial charge in [-0.3, -0.25) is 0 Å². The van der Waals surface area contributed by atoms with Crippen LogP contribution in [0.3, 0.4) is 0 Å². The van der Waals surface area contributed by atoms with Gasteiger partial charge in [-0.15, -0.1) is 0 Å². The summed E-state index contributed by atoms with van der Waals surface area (Å²) in [6.45, 7) is 10.2. The van der Waals surface area contributed by atoms with Gasteiger partial charge in [-0.1, -0.05) is 6.08 Å². The standard InChI is InChI=1S/C11H19NOSi/c1-10(13-14(2,3)4)12-9-11-7-5-6-8-11/h7,9H,1,5-6,8H2,2-4H3/b12-9+. The minimum Gasteiger partial charge on any atom is -0.532 e. The van der Waals surface area contributed by atoms with Crippen LogP contribution in [0, 0.1) is 0 Å². The van der Waals surface area contributed by atoms with Gasteiger partial charge in [-0.25, -0.2) is 4.99 Å². The fourth-order valence-corrected chi connectivity index (χ4v) is 2.11. The average Bonchev–Trinajstić information content (AvgIpc) is 2.49. The second-order valence-electron chi connectivity index (χ2n) is 4.54. The average molecular weight is 209 g/mol. The van der Waals surface area contributed by atoms with E-state index in [0.29, 0.717) is 5.88 Å². The van der Waals surface area contributed by atoms with Crippen LogP contribution in [-0.2, 0) is 4.43 Å². The summed E-state index contributed by atoms with van der Waals surface area (Å²) in [6, 6.07) is 0. The van der Waals surface area contributed by atoms with Gasteiger partial charge in [-0.2, -0.15) is 0 Å². The van der Waals surface area contributed by atoms with E-state index >= 15 is 0 Å². The molecule has 0 bridgehead atoms. The molecule has 0 amide bonds. The smallest absolute Gasteiger partial charge is 0.244 e. The first-order valence-corrected chi connectivity index (χ1v) is 8.49. The second-order valence-corrected chi connectivity index (χ2v) is 8.97. The van der Waals surface area contributed by atoms with E-state index in [1.54, 1.807) is 0 Å². The lowest BCUT2D eigenvalue weighted by atomic mass is 10.2. The molecule has 1 aliphatic carbocycles. The number of hydrogen-bond acceptors (Lipinski definition) is 2. The van der Waals surface area contributed by atoms with Gasteiger partial charge < -0.3 is 4.43 Å². The molecule has 0 radical (unpaired) electrons. The molecule has 3 heteroatoms. The van der Waals surface area contributed by atoms with Crippen LogP contribution in [0.5, 0.6) is 0 Å². The quantitative estimate of drug-likeness (QED) is 0.394. The molecular weight excluding hydrogens is 190 g/mol. The molecule has 0 atom stereocenters. The van der Waals surface area contributed by atoms with E-state index in [9.17, 15) is 0 Å². The first kappa shape index (κ1) is 11.2. The molecule has 0 aromatic heterocycles. The van der Waals surface area contributed by atoms with Gasteiger partial charge in [0.25, 0.3) is 0 Å². The summed E-state index contributed by atoms with van der Waals surface area (Å²) in [7, 11) is -1.53. The van der Waals surface area contributed by atoms with Crippen molar-refractivity contribution in [2.75, 3.05) is 0 Å². The zero-order valence-corrected chi connectivity index (χ0v) is 10.3. The Hall–Kier alpha value is -0.833. The van der Waals surface area contributed by atoms with Crippen molar-refractivity contribution in [1.29, 1.82) is 0 Å². The monoisotopic (exact) mass is 209 g/mol.